The Morgan fingerprint density at radius 2 is 2.17 bits per heavy atom. The summed E-state index contributed by atoms with van der Waals surface area (Å²) >= 11 is 11.8. The summed E-state index contributed by atoms with van der Waals surface area (Å²) in [4.78, 5) is 16.7. The van der Waals surface area contributed by atoms with Crippen molar-refractivity contribution in [3.05, 3.63) is 33.8 Å². The molecule has 0 spiro atoms. The van der Waals surface area contributed by atoms with Gasteiger partial charge in [-0.25, -0.2) is 0 Å². The van der Waals surface area contributed by atoms with E-state index < -0.39 is 0 Å². The smallest absolute Gasteiger partial charge is 0.168 e. The molecule has 0 aliphatic carbocycles. The Kier molecular flexibility index (Phi) is 8.15. The van der Waals surface area contributed by atoms with Crippen molar-refractivity contribution in [3.8, 4) is 0 Å². The Bertz CT molecular complexity index is 586. The van der Waals surface area contributed by atoms with Crippen LogP contribution < -0.4 is 0 Å². The minimum absolute atomic E-state index is 0.100. The Hall–Kier alpha value is -0.980. The van der Waals surface area contributed by atoms with Gasteiger partial charge in [0.25, 0.3) is 0 Å². The highest BCUT2D eigenvalue weighted by Gasteiger charge is 2.17. The van der Waals surface area contributed by atoms with Crippen molar-refractivity contribution in [1.82, 2.24) is 0 Å². The van der Waals surface area contributed by atoms with Crippen LogP contribution in [0.2, 0.25) is 10.0 Å². The van der Waals surface area contributed by atoms with Crippen LogP contribution in [0.1, 0.15) is 36.0 Å². The molecule has 1 aliphatic heterocycles. The summed E-state index contributed by atoms with van der Waals surface area (Å²) in [5.74, 6) is -0.100. The number of halogens is 2. The summed E-state index contributed by atoms with van der Waals surface area (Å²) in [6.07, 6.45) is 2.90. The molecule has 5 nitrogen and oxygen atoms in total. The Morgan fingerprint density at radius 1 is 1.33 bits per heavy atom. The fraction of sp³-hybridized carbons (Fsp3) is 0.529. The lowest BCUT2D eigenvalue weighted by molar-refractivity contribution is -0.153. The largest absolute Gasteiger partial charge is 0.363 e. The lowest BCUT2D eigenvalue weighted by Crippen LogP contribution is -2.26. The number of aliphatic imine (C=N–C) groups is 1. The normalized spacial score (nSPS) is 18.6. The molecule has 0 N–H and O–H groups in total. The fourth-order valence-electron chi connectivity index (χ4n) is 2.30. The van der Waals surface area contributed by atoms with Crippen LogP contribution in [0.4, 0.5) is 0 Å². The molecule has 1 heterocycles. The lowest BCUT2D eigenvalue weighted by Gasteiger charge is -2.23. The molecule has 0 aromatic heterocycles. The second-order valence-corrected chi connectivity index (χ2v) is 6.29. The Labute approximate surface area is 151 Å². The molecule has 1 aromatic carbocycles. The predicted molar refractivity (Wildman–Crippen MR) is 94.3 cm³/mol. The number of nitrogens with zero attached hydrogens (tertiary/aromatic N) is 1. The summed E-state index contributed by atoms with van der Waals surface area (Å²) in [5, 5.41) is 0.768. The molecule has 0 amide bonds. The number of ketones is 1. The first-order chi connectivity index (χ1) is 11.6. The van der Waals surface area contributed by atoms with Gasteiger partial charge in [0.2, 0.25) is 0 Å². The van der Waals surface area contributed by atoms with E-state index in [9.17, 15) is 4.79 Å². The van der Waals surface area contributed by atoms with Gasteiger partial charge >= 0.3 is 0 Å². The quantitative estimate of drug-likeness (QED) is 0.507. The highest BCUT2D eigenvalue weighted by atomic mass is 35.5. The second kappa shape index (κ2) is 10.1. The lowest BCUT2D eigenvalue weighted by atomic mass is 10.1. The summed E-state index contributed by atoms with van der Waals surface area (Å²) < 4.78 is 16.2. The summed E-state index contributed by atoms with van der Waals surface area (Å²) in [7, 11) is 1.55. The van der Waals surface area contributed by atoms with Crippen molar-refractivity contribution in [2.75, 3.05) is 27.1 Å². The van der Waals surface area contributed by atoms with E-state index in [4.69, 9.17) is 37.4 Å². The SMILES string of the molecule is COCN=C(COC1CCCCO1)CC(=O)c1ccc(Cl)c(Cl)c1. The number of rotatable bonds is 8. The second-order valence-electron chi connectivity index (χ2n) is 5.48. The van der Waals surface area contributed by atoms with Gasteiger partial charge in [-0.05, 0) is 37.5 Å². The van der Waals surface area contributed by atoms with E-state index in [0.29, 0.717) is 27.9 Å². The van der Waals surface area contributed by atoms with Gasteiger partial charge in [0.05, 0.1) is 23.1 Å². The van der Waals surface area contributed by atoms with Gasteiger partial charge in [-0.1, -0.05) is 23.2 Å². The van der Waals surface area contributed by atoms with Crippen LogP contribution in [0.25, 0.3) is 0 Å². The maximum atomic E-state index is 12.4. The number of carbonyl (C=O) groups is 1. The van der Waals surface area contributed by atoms with Crippen LogP contribution in [0.15, 0.2) is 23.2 Å². The first-order valence-corrected chi connectivity index (χ1v) is 8.58. The maximum absolute atomic E-state index is 12.4. The standard InChI is InChI=1S/C17H21Cl2NO4/c1-22-11-20-13(10-24-17-4-2-3-7-23-17)9-16(21)12-5-6-14(18)15(19)8-12/h5-6,8,17H,2-4,7,9-11H2,1H3. The van der Waals surface area contributed by atoms with Crippen LogP contribution in [-0.4, -0.2) is 44.8 Å². The maximum Gasteiger partial charge on any atom is 0.168 e. The van der Waals surface area contributed by atoms with Crippen molar-refractivity contribution in [1.29, 1.82) is 0 Å². The molecule has 0 saturated carbocycles. The molecule has 1 aliphatic rings. The van der Waals surface area contributed by atoms with E-state index in [2.05, 4.69) is 4.99 Å². The zero-order valence-electron chi connectivity index (χ0n) is 13.6. The molecule has 1 saturated heterocycles. The summed E-state index contributed by atoms with van der Waals surface area (Å²) in [5.41, 5.74) is 1.10. The predicted octanol–water partition coefficient (Wildman–Crippen LogP) is 4.15. The van der Waals surface area contributed by atoms with Crippen LogP contribution in [-0.2, 0) is 14.2 Å². The summed E-state index contributed by atoms with van der Waals surface area (Å²) in [6.45, 7) is 1.12. The molecule has 1 atom stereocenters. The van der Waals surface area contributed by atoms with Gasteiger partial charge in [0, 0.05) is 25.0 Å². The molecule has 1 aromatic rings. The summed E-state index contributed by atoms with van der Waals surface area (Å²) in [6, 6.07) is 4.82. The van der Waals surface area contributed by atoms with E-state index >= 15 is 0 Å². The molecular formula is C17H21Cl2NO4. The average molecular weight is 374 g/mol. The number of Topliss-reactive ketones (excluding diaryl/α,β-unsaturated/α-hetero) is 1. The molecule has 2 rings (SSSR count). The molecular weight excluding hydrogens is 353 g/mol. The van der Waals surface area contributed by atoms with Gasteiger partial charge in [-0.15, -0.1) is 0 Å². The van der Waals surface area contributed by atoms with Crippen LogP contribution in [0.5, 0.6) is 0 Å². The third-order valence-corrected chi connectivity index (χ3v) is 4.34. The fourth-order valence-corrected chi connectivity index (χ4v) is 2.60. The van der Waals surface area contributed by atoms with E-state index in [1.54, 1.807) is 25.3 Å². The number of methoxy groups -OCH3 is 1. The van der Waals surface area contributed by atoms with Crippen molar-refractivity contribution in [3.63, 3.8) is 0 Å². The van der Waals surface area contributed by atoms with Crippen LogP contribution in [0.3, 0.4) is 0 Å². The van der Waals surface area contributed by atoms with Gasteiger partial charge in [-0.2, -0.15) is 0 Å². The minimum atomic E-state index is -0.230. The average Bonchev–Trinajstić information content (AvgIpc) is 2.60. The van der Waals surface area contributed by atoms with Crippen molar-refractivity contribution < 1.29 is 19.0 Å². The molecule has 132 valence electrons. The molecule has 0 radical (unpaired) electrons. The number of carbonyl (C=O) groups excluding carboxylic acids is 1. The highest BCUT2D eigenvalue weighted by molar-refractivity contribution is 6.42. The first-order valence-electron chi connectivity index (χ1n) is 7.82. The first kappa shape index (κ1) is 19.3. The Morgan fingerprint density at radius 3 is 2.83 bits per heavy atom. The highest BCUT2D eigenvalue weighted by Crippen LogP contribution is 2.23. The third kappa shape index (κ3) is 6.15. The van der Waals surface area contributed by atoms with E-state index in [-0.39, 0.29) is 31.8 Å². The van der Waals surface area contributed by atoms with Crippen LogP contribution in [0, 0.1) is 0 Å². The number of hydrogen-bond donors (Lipinski definition) is 0. The monoisotopic (exact) mass is 373 g/mol. The molecule has 1 fully saturated rings. The van der Waals surface area contributed by atoms with Gasteiger partial charge in [0.1, 0.15) is 6.73 Å². The molecule has 7 heteroatoms. The van der Waals surface area contributed by atoms with Gasteiger partial charge < -0.3 is 14.2 Å². The molecule has 1 unspecified atom stereocenters. The zero-order valence-corrected chi connectivity index (χ0v) is 15.1. The van der Waals surface area contributed by atoms with Gasteiger partial charge in [0.15, 0.2) is 12.1 Å². The Balaban J connectivity index is 1.96. The topological polar surface area (TPSA) is 57.1 Å². The zero-order chi connectivity index (χ0) is 17.4. The number of hydrogen-bond acceptors (Lipinski definition) is 5. The third-order valence-electron chi connectivity index (χ3n) is 3.60. The molecule has 24 heavy (non-hydrogen) atoms. The van der Waals surface area contributed by atoms with E-state index in [1.165, 1.54) is 0 Å². The number of benzene rings is 1. The van der Waals surface area contributed by atoms with Crippen molar-refractivity contribution >= 4 is 34.7 Å². The van der Waals surface area contributed by atoms with Crippen LogP contribution >= 0.6 is 23.2 Å². The molecule has 0 bridgehead atoms. The van der Waals surface area contributed by atoms with Gasteiger partial charge in [-0.3, -0.25) is 9.79 Å². The van der Waals surface area contributed by atoms with E-state index in [1.807, 2.05) is 0 Å². The minimum Gasteiger partial charge on any atom is -0.363 e. The van der Waals surface area contributed by atoms with Crippen molar-refractivity contribution in [2.24, 2.45) is 4.99 Å². The van der Waals surface area contributed by atoms with Crippen molar-refractivity contribution in [2.45, 2.75) is 32.0 Å². The number of ether oxygens (including phenoxy) is 3. The van der Waals surface area contributed by atoms with E-state index in [0.717, 1.165) is 19.3 Å².